The first-order valence-corrected chi connectivity index (χ1v) is 12.5. The zero-order chi connectivity index (χ0) is 22.8. The van der Waals surface area contributed by atoms with E-state index in [2.05, 4.69) is 4.72 Å². The van der Waals surface area contributed by atoms with Crippen molar-refractivity contribution in [3.05, 3.63) is 59.4 Å². The normalized spacial score (nSPS) is 26.8. The summed E-state index contributed by atoms with van der Waals surface area (Å²) in [5, 5.41) is 0. The van der Waals surface area contributed by atoms with E-state index in [0.717, 1.165) is 43.7 Å². The molecule has 0 radical (unpaired) electrons. The van der Waals surface area contributed by atoms with Gasteiger partial charge in [-0.3, -0.25) is 4.79 Å². The summed E-state index contributed by atoms with van der Waals surface area (Å²) in [5.74, 6) is -2.26. The molecule has 170 valence electrons. The van der Waals surface area contributed by atoms with Crippen molar-refractivity contribution >= 4 is 15.9 Å². The SMILES string of the molecule is CS(=O)(=O)N[C@H]1[C@@H]2C[C@@H]2N(C(=O)C2CC2)[C@H]1Cc1cccc(-c2cc(F)cc(F)c2)c1F. The molecule has 4 atom stereocenters. The molecule has 2 aliphatic carbocycles. The number of fused-ring (bicyclic) bond motifs is 1. The molecule has 5 nitrogen and oxygen atoms in total. The highest BCUT2D eigenvalue weighted by atomic mass is 32.2. The highest BCUT2D eigenvalue weighted by Gasteiger charge is 2.61. The topological polar surface area (TPSA) is 66.5 Å². The number of hydrogen-bond acceptors (Lipinski definition) is 3. The van der Waals surface area contributed by atoms with Crippen LogP contribution < -0.4 is 4.72 Å². The Morgan fingerprint density at radius 3 is 2.44 bits per heavy atom. The first-order chi connectivity index (χ1) is 15.1. The third kappa shape index (κ3) is 4.03. The summed E-state index contributed by atoms with van der Waals surface area (Å²) in [7, 11) is -3.53. The fourth-order valence-corrected chi connectivity index (χ4v) is 5.84. The molecule has 5 rings (SSSR count). The number of likely N-dealkylation sites (tertiary alicyclic amines) is 1. The van der Waals surface area contributed by atoms with Crippen molar-refractivity contribution in [2.45, 2.75) is 43.8 Å². The molecule has 0 aromatic heterocycles. The standard InChI is InChI=1S/C23H23F3N2O3S/c1-32(30,31)27-22-18-11-19(18)28(23(29)12-5-6-12)20(22)9-13-3-2-4-17(21(13)26)14-7-15(24)10-16(25)8-14/h2-4,7-8,10,12,18-20,22,27H,5-6,9,11H2,1H3/t18-,19+,20+,22+/m1/s1. The van der Waals surface area contributed by atoms with Crippen LogP contribution in [-0.2, 0) is 21.2 Å². The van der Waals surface area contributed by atoms with Gasteiger partial charge in [0.1, 0.15) is 17.5 Å². The summed E-state index contributed by atoms with van der Waals surface area (Å²) in [6.45, 7) is 0. The monoisotopic (exact) mass is 464 g/mol. The summed E-state index contributed by atoms with van der Waals surface area (Å²) in [6.07, 6.45) is 3.55. The number of nitrogens with one attached hydrogen (secondary N) is 1. The van der Waals surface area contributed by atoms with Crippen LogP contribution in [0.2, 0.25) is 0 Å². The number of piperidine rings is 1. The van der Waals surface area contributed by atoms with Crippen LogP contribution in [0.15, 0.2) is 36.4 Å². The molecule has 2 aromatic rings. The van der Waals surface area contributed by atoms with E-state index in [1.54, 1.807) is 17.0 Å². The summed E-state index contributed by atoms with van der Waals surface area (Å²) >= 11 is 0. The van der Waals surface area contributed by atoms with Crippen molar-refractivity contribution in [2.75, 3.05) is 6.26 Å². The van der Waals surface area contributed by atoms with Crippen LogP contribution in [-0.4, -0.2) is 43.6 Å². The van der Waals surface area contributed by atoms with Gasteiger partial charge in [-0.05, 0) is 54.9 Å². The molecule has 1 saturated heterocycles. The van der Waals surface area contributed by atoms with Crippen molar-refractivity contribution in [3.63, 3.8) is 0 Å². The first kappa shape index (κ1) is 21.5. The minimum atomic E-state index is -3.53. The molecule has 0 bridgehead atoms. The molecule has 1 amide bonds. The van der Waals surface area contributed by atoms with Gasteiger partial charge in [-0.1, -0.05) is 18.2 Å². The Labute approximate surface area is 184 Å². The summed E-state index contributed by atoms with van der Waals surface area (Å²) in [5.41, 5.74) is 0.400. The second-order valence-electron chi connectivity index (χ2n) is 9.11. The van der Waals surface area contributed by atoms with Gasteiger partial charge in [-0.15, -0.1) is 0 Å². The molecule has 0 spiro atoms. The van der Waals surface area contributed by atoms with E-state index in [9.17, 15) is 22.0 Å². The smallest absolute Gasteiger partial charge is 0.226 e. The van der Waals surface area contributed by atoms with Gasteiger partial charge in [0.15, 0.2) is 0 Å². The van der Waals surface area contributed by atoms with Crippen molar-refractivity contribution < 1.29 is 26.4 Å². The Morgan fingerprint density at radius 1 is 1.12 bits per heavy atom. The second-order valence-corrected chi connectivity index (χ2v) is 10.9. The lowest BCUT2D eigenvalue weighted by Gasteiger charge is -2.32. The molecule has 2 aromatic carbocycles. The van der Waals surface area contributed by atoms with E-state index in [4.69, 9.17) is 0 Å². The van der Waals surface area contributed by atoms with E-state index < -0.39 is 39.6 Å². The second kappa shape index (κ2) is 7.59. The van der Waals surface area contributed by atoms with Gasteiger partial charge >= 0.3 is 0 Å². The van der Waals surface area contributed by atoms with Crippen LogP contribution >= 0.6 is 0 Å². The quantitative estimate of drug-likeness (QED) is 0.714. The Balaban J connectivity index is 1.49. The Bertz CT molecular complexity index is 1180. The lowest BCUT2D eigenvalue weighted by atomic mass is 9.94. The minimum Gasteiger partial charge on any atom is -0.334 e. The third-order valence-corrected chi connectivity index (χ3v) is 7.31. The van der Waals surface area contributed by atoms with Gasteiger partial charge in [0, 0.05) is 29.6 Å². The average molecular weight is 465 g/mol. The number of rotatable bonds is 6. The predicted octanol–water partition coefficient (Wildman–Crippen LogP) is 3.24. The third-order valence-electron chi connectivity index (χ3n) is 6.61. The molecule has 1 aliphatic heterocycles. The maximum atomic E-state index is 15.5. The Hall–Kier alpha value is -2.39. The molecule has 1 N–H and O–H groups in total. The number of carbonyl (C=O) groups is 1. The number of benzene rings is 2. The summed E-state index contributed by atoms with van der Waals surface area (Å²) in [4.78, 5) is 14.7. The number of sulfonamides is 1. The Kier molecular flexibility index (Phi) is 5.09. The van der Waals surface area contributed by atoms with Gasteiger partial charge < -0.3 is 4.90 Å². The molecule has 2 saturated carbocycles. The van der Waals surface area contributed by atoms with Gasteiger partial charge in [0.05, 0.1) is 12.3 Å². The van der Waals surface area contributed by atoms with Crippen LogP contribution in [0.5, 0.6) is 0 Å². The van der Waals surface area contributed by atoms with Crippen LogP contribution in [0.4, 0.5) is 13.2 Å². The molecule has 3 fully saturated rings. The molecule has 3 aliphatic rings. The molecular weight excluding hydrogens is 441 g/mol. The van der Waals surface area contributed by atoms with E-state index in [0.29, 0.717) is 0 Å². The molecule has 0 unspecified atom stereocenters. The number of amides is 1. The van der Waals surface area contributed by atoms with Crippen molar-refractivity contribution in [1.29, 1.82) is 0 Å². The highest BCUT2D eigenvalue weighted by Crippen LogP contribution is 2.51. The molecule has 1 heterocycles. The lowest BCUT2D eigenvalue weighted by molar-refractivity contribution is -0.134. The van der Waals surface area contributed by atoms with E-state index in [1.165, 1.54) is 6.07 Å². The summed E-state index contributed by atoms with van der Waals surface area (Å²) < 4.78 is 69.4. The average Bonchev–Trinajstić information content (AvgIpc) is 3.60. The molecule has 9 heteroatoms. The summed E-state index contributed by atoms with van der Waals surface area (Å²) in [6, 6.07) is 6.41. The van der Waals surface area contributed by atoms with Crippen LogP contribution in [0.25, 0.3) is 11.1 Å². The van der Waals surface area contributed by atoms with Crippen molar-refractivity contribution in [3.8, 4) is 11.1 Å². The predicted molar refractivity (Wildman–Crippen MR) is 112 cm³/mol. The Morgan fingerprint density at radius 2 is 1.81 bits per heavy atom. The van der Waals surface area contributed by atoms with E-state index in [-0.39, 0.29) is 46.9 Å². The van der Waals surface area contributed by atoms with Gasteiger partial charge in [0.25, 0.3) is 0 Å². The van der Waals surface area contributed by atoms with Gasteiger partial charge in [-0.25, -0.2) is 26.3 Å². The minimum absolute atomic E-state index is 0.00376. The zero-order valence-electron chi connectivity index (χ0n) is 17.4. The number of halogens is 3. The largest absolute Gasteiger partial charge is 0.334 e. The maximum absolute atomic E-state index is 15.5. The highest BCUT2D eigenvalue weighted by molar-refractivity contribution is 7.88. The fraction of sp³-hybridized carbons (Fsp3) is 0.435. The van der Waals surface area contributed by atoms with Gasteiger partial charge in [0.2, 0.25) is 15.9 Å². The molecular formula is C23H23F3N2O3S. The van der Waals surface area contributed by atoms with Crippen molar-refractivity contribution in [1.82, 2.24) is 9.62 Å². The molecule has 32 heavy (non-hydrogen) atoms. The van der Waals surface area contributed by atoms with E-state index >= 15 is 4.39 Å². The maximum Gasteiger partial charge on any atom is 0.226 e. The van der Waals surface area contributed by atoms with Crippen LogP contribution in [0.3, 0.4) is 0 Å². The van der Waals surface area contributed by atoms with Crippen LogP contribution in [0, 0.1) is 29.3 Å². The number of hydrogen-bond donors (Lipinski definition) is 1. The van der Waals surface area contributed by atoms with E-state index in [1.807, 2.05) is 0 Å². The van der Waals surface area contributed by atoms with Crippen molar-refractivity contribution in [2.24, 2.45) is 11.8 Å². The first-order valence-electron chi connectivity index (χ1n) is 10.7. The zero-order valence-corrected chi connectivity index (χ0v) is 18.2. The number of nitrogens with zero attached hydrogens (tertiary/aromatic N) is 1. The number of carbonyl (C=O) groups excluding carboxylic acids is 1. The van der Waals surface area contributed by atoms with Gasteiger partial charge in [-0.2, -0.15) is 0 Å². The van der Waals surface area contributed by atoms with Crippen LogP contribution in [0.1, 0.15) is 24.8 Å². The lowest BCUT2D eigenvalue weighted by Crippen LogP contribution is -2.51. The fourth-order valence-electron chi connectivity index (χ4n) is 5.01.